The van der Waals surface area contributed by atoms with Crippen LogP contribution < -0.4 is 14.4 Å². The lowest BCUT2D eigenvalue weighted by Crippen LogP contribution is -2.48. The fourth-order valence-electron chi connectivity index (χ4n) is 4.98. The molecule has 7 nitrogen and oxygen atoms in total. The first-order valence-corrected chi connectivity index (χ1v) is 13.2. The molecule has 2 saturated heterocycles. The molecule has 0 aliphatic carbocycles. The van der Waals surface area contributed by atoms with Gasteiger partial charge in [0.25, 0.3) is 0 Å². The van der Waals surface area contributed by atoms with Crippen LogP contribution in [0.1, 0.15) is 30.0 Å². The summed E-state index contributed by atoms with van der Waals surface area (Å²) in [5.74, 6) is 1.71. The Labute approximate surface area is 190 Å². The molecule has 2 aromatic carbocycles. The second-order valence-corrected chi connectivity index (χ2v) is 10.8. The maximum atomic E-state index is 11.7. The lowest BCUT2D eigenvalue weighted by molar-refractivity contribution is 0.170. The molecule has 3 heterocycles. The van der Waals surface area contributed by atoms with Crippen molar-refractivity contribution in [3.63, 3.8) is 0 Å². The number of sulfonamides is 1. The van der Waals surface area contributed by atoms with Gasteiger partial charge in [0.2, 0.25) is 10.0 Å². The smallest absolute Gasteiger partial charge is 0.211 e. The minimum atomic E-state index is -3.10. The summed E-state index contributed by atoms with van der Waals surface area (Å²) in [6, 6.07) is 15.5. The monoisotopic (exact) mass is 457 g/mol. The summed E-state index contributed by atoms with van der Waals surface area (Å²) in [5, 5.41) is 0. The molecule has 0 amide bonds. The third-order valence-corrected chi connectivity index (χ3v) is 8.01. The van der Waals surface area contributed by atoms with Crippen LogP contribution >= 0.6 is 0 Å². The van der Waals surface area contributed by atoms with Gasteiger partial charge in [0.15, 0.2) is 11.5 Å². The van der Waals surface area contributed by atoms with Crippen molar-refractivity contribution in [1.82, 2.24) is 9.21 Å². The molecule has 1 unspecified atom stereocenters. The molecular weight excluding hydrogens is 426 g/mol. The first-order valence-electron chi connectivity index (χ1n) is 11.4. The van der Waals surface area contributed by atoms with Gasteiger partial charge in [0.05, 0.1) is 6.26 Å². The lowest BCUT2D eigenvalue weighted by atomic mass is 10.0. The van der Waals surface area contributed by atoms with Crippen LogP contribution in [0.25, 0.3) is 0 Å². The van der Waals surface area contributed by atoms with Gasteiger partial charge in [-0.05, 0) is 54.8 Å². The van der Waals surface area contributed by atoms with E-state index in [1.54, 1.807) is 4.31 Å². The molecule has 3 aliphatic heterocycles. The van der Waals surface area contributed by atoms with Crippen LogP contribution in [0.5, 0.6) is 11.5 Å². The number of benzene rings is 2. The fourth-order valence-corrected chi connectivity index (χ4v) is 5.81. The maximum absolute atomic E-state index is 11.7. The number of likely N-dealkylation sites (tertiary alicyclic amines) is 1. The number of rotatable bonds is 5. The van der Waals surface area contributed by atoms with E-state index in [4.69, 9.17) is 9.47 Å². The number of fused-ring (bicyclic) bond motifs is 1. The Morgan fingerprint density at radius 3 is 2.34 bits per heavy atom. The third-order valence-electron chi connectivity index (χ3n) is 6.71. The first-order chi connectivity index (χ1) is 15.5. The largest absolute Gasteiger partial charge is 0.486 e. The van der Waals surface area contributed by atoms with Crippen LogP contribution in [0.3, 0.4) is 0 Å². The van der Waals surface area contributed by atoms with Gasteiger partial charge in [-0.1, -0.05) is 18.2 Å². The molecule has 5 rings (SSSR count). The number of hydrogen-bond acceptors (Lipinski definition) is 6. The second kappa shape index (κ2) is 8.92. The Kier molecular flexibility index (Phi) is 6.01. The van der Waals surface area contributed by atoms with Gasteiger partial charge < -0.3 is 14.4 Å². The van der Waals surface area contributed by atoms with E-state index >= 15 is 0 Å². The number of piperazine rings is 1. The average molecular weight is 458 g/mol. The van der Waals surface area contributed by atoms with Crippen molar-refractivity contribution >= 4 is 15.7 Å². The van der Waals surface area contributed by atoms with E-state index in [-0.39, 0.29) is 0 Å². The second-order valence-electron chi connectivity index (χ2n) is 8.85. The molecule has 1 atom stereocenters. The minimum absolute atomic E-state index is 0.398. The van der Waals surface area contributed by atoms with Crippen molar-refractivity contribution in [2.75, 3.05) is 57.1 Å². The molecule has 0 saturated carbocycles. The van der Waals surface area contributed by atoms with Crippen LogP contribution in [0, 0.1) is 0 Å². The van der Waals surface area contributed by atoms with E-state index in [1.165, 1.54) is 23.8 Å². The summed E-state index contributed by atoms with van der Waals surface area (Å²) < 4.78 is 36.5. The third kappa shape index (κ3) is 4.58. The predicted molar refractivity (Wildman–Crippen MR) is 125 cm³/mol. The van der Waals surface area contributed by atoms with Crippen molar-refractivity contribution < 1.29 is 17.9 Å². The number of nitrogens with zero attached hydrogens (tertiary/aromatic N) is 3. The topological polar surface area (TPSA) is 62.3 Å². The van der Waals surface area contributed by atoms with Gasteiger partial charge >= 0.3 is 0 Å². The van der Waals surface area contributed by atoms with E-state index in [0.717, 1.165) is 49.8 Å². The summed E-state index contributed by atoms with van der Waals surface area (Å²) in [6.45, 7) is 5.79. The Bertz CT molecular complexity index is 1050. The van der Waals surface area contributed by atoms with E-state index in [0.29, 0.717) is 32.3 Å². The number of ether oxygens (including phenoxy) is 2. The normalized spacial score (nSPS) is 22.3. The van der Waals surface area contributed by atoms with E-state index in [2.05, 4.69) is 46.2 Å². The molecule has 2 fully saturated rings. The van der Waals surface area contributed by atoms with Gasteiger partial charge in [0.1, 0.15) is 13.2 Å². The van der Waals surface area contributed by atoms with Gasteiger partial charge in [-0.2, -0.15) is 4.31 Å². The SMILES string of the molecule is CS(=O)(=O)N1CCN(c2ccc(CN3CCCC3c3ccc4c(c3)OCCO4)cc2)CC1. The summed E-state index contributed by atoms with van der Waals surface area (Å²) >= 11 is 0. The highest BCUT2D eigenvalue weighted by Gasteiger charge is 2.28. The zero-order chi connectivity index (χ0) is 22.1. The fraction of sp³-hybridized carbons (Fsp3) is 0.500. The highest BCUT2D eigenvalue weighted by molar-refractivity contribution is 7.88. The molecular formula is C24H31N3O4S. The van der Waals surface area contributed by atoms with E-state index < -0.39 is 10.0 Å². The molecule has 172 valence electrons. The zero-order valence-electron chi connectivity index (χ0n) is 18.6. The van der Waals surface area contributed by atoms with Crippen molar-refractivity contribution in [2.24, 2.45) is 0 Å². The molecule has 0 N–H and O–H groups in total. The first kappa shape index (κ1) is 21.6. The van der Waals surface area contributed by atoms with Gasteiger partial charge in [-0.25, -0.2) is 8.42 Å². The molecule has 0 aromatic heterocycles. The molecule has 32 heavy (non-hydrogen) atoms. The summed E-state index contributed by atoms with van der Waals surface area (Å²) in [4.78, 5) is 4.81. The highest BCUT2D eigenvalue weighted by atomic mass is 32.2. The average Bonchev–Trinajstić information content (AvgIpc) is 3.27. The highest BCUT2D eigenvalue weighted by Crippen LogP contribution is 2.38. The standard InChI is InChI=1S/C24H31N3O4S/c1-32(28,29)27-13-11-25(12-14-27)21-7-4-19(5-8-21)18-26-10-2-3-22(26)20-6-9-23-24(17-20)31-16-15-30-23/h4-9,17,22H,2-3,10-16,18H2,1H3. The Hall–Kier alpha value is -2.29. The van der Waals surface area contributed by atoms with Crippen LogP contribution in [-0.2, 0) is 16.6 Å². The van der Waals surface area contributed by atoms with Crippen LogP contribution in [-0.4, -0.2) is 69.8 Å². The number of anilines is 1. The molecule has 8 heteroatoms. The summed E-state index contributed by atoms with van der Waals surface area (Å²) in [7, 11) is -3.10. The van der Waals surface area contributed by atoms with Crippen LogP contribution in [0.2, 0.25) is 0 Å². The quantitative estimate of drug-likeness (QED) is 0.688. The molecule has 0 spiro atoms. The summed E-state index contributed by atoms with van der Waals surface area (Å²) in [5.41, 5.74) is 3.76. The van der Waals surface area contributed by atoms with Gasteiger partial charge in [-0.15, -0.1) is 0 Å². The maximum Gasteiger partial charge on any atom is 0.211 e. The van der Waals surface area contributed by atoms with E-state index in [1.807, 2.05) is 6.07 Å². The van der Waals surface area contributed by atoms with Gasteiger partial charge in [-0.3, -0.25) is 4.90 Å². The van der Waals surface area contributed by atoms with Crippen molar-refractivity contribution in [2.45, 2.75) is 25.4 Å². The zero-order valence-corrected chi connectivity index (χ0v) is 19.4. The Morgan fingerprint density at radius 1 is 0.906 bits per heavy atom. The van der Waals surface area contributed by atoms with E-state index in [9.17, 15) is 8.42 Å². The van der Waals surface area contributed by atoms with Crippen LogP contribution in [0.15, 0.2) is 42.5 Å². The van der Waals surface area contributed by atoms with Crippen molar-refractivity contribution in [3.8, 4) is 11.5 Å². The Balaban J connectivity index is 1.23. The number of hydrogen-bond donors (Lipinski definition) is 0. The molecule has 2 aromatic rings. The minimum Gasteiger partial charge on any atom is -0.486 e. The summed E-state index contributed by atoms with van der Waals surface area (Å²) in [6.07, 6.45) is 3.64. The lowest BCUT2D eigenvalue weighted by Gasteiger charge is -2.34. The van der Waals surface area contributed by atoms with Crippen molar-refractivity contribution in [3.05, 3.63) is 53.6 Å². The Morgan fingerprint density at radius 2 is 1.62 bits per heavy atom. The molecule has 0 bridgehead atoms. The predicted octanol–water partition coefficient (Wildman–Crippen LogP) is 2.88. The molecule has 3 aliphatic rings. The van der Waals surface area contributed by atoms with Crippen LogP contribution in [0.4, 0.5) is 5.69 Å². The van der Waals surface area contributed by atoms with Crippen molar-refractivity contribution in [1.29, 1.82) is 0 Å². The molecule has 0 radical (unpaired) electrons. The van der Waals surface area contributed by atoms with Gasteiger partial charge in [0, 0.05) is 44.5 Å².